The van der Waals surface area contributed by atoms with Gasteiger partial charge >= 0.3 is 5.97 Å². The van der Waals surface area contributed by atoms with Crippen LogP contribution in [0.3, 0.4) is 0 Å². The van der Waals surface area contributed by atoms with E-state index in [0.29, 0.717) is 21.7 Å². The lowest BCUT2D eigenvalue weighted by atomic mass is 10.0. The Balaban J connectivity index is 1.80. The number of imide groups is 1. The van der Waals surface area contributed by atoms with E-state index in [-0.39, 0.29) is 22.3 Å². The van der Waals surface area contributed by atoms with Crippen LogP contribution in [0, 0.1) is 0 Å². The van der Waals surface area contributed by atoms with Gasteiger partial charge in [-0.2, -0.15) is 0 Å². The highest BCUT2D eigenvalue weighted by molar-refractivity contribution is 7.10. The number of fused-ring (bicyclic) bond motifs is 2. The van der Waals surface area contributed by atoms with Gasteiger partial charge in [-0.15, -0.1) is 11.3 Å². The quantitative estimate of drug-likeness (QED) is 0.400. The molecule has 0 aliphatic carbocycles. The van der Waals surface area contributed by atoms with Crippen molar-refractivity contribution in [1.82, 2.24) is 4.57 Å². The second-order valence-electron chi connectivity index (χ2n) is 7.86. The van der Waals surface area contributed by atoms with Crippen LogP contribution in [0.1, 0.15) is 30.3 Å². The Morgan fingerprint density at radius 2 is 1.97 bits per heavy atom. The molecule has 0 bridgehead atoms. The molecule has 0 unspecified atom stereocenters. The molecule has 1 atom stereocenters. The van der Waals surface area contributed by atoms with Gasteiger partial charge in [0.1, 0.15) is 17.2 Å². The van der Waals surface area contributed by atoms with Crippen molar-refractivity contribution in [2.24, 2.45) is 4.99 Å². The van der Waals surface area contributed by atoms with Crippen molar-refractivity contribution in [3.05, 3.63) is 95.8 Å². The highest BCUT2D eigenvalue weighted by Gasteiger charge is 2.38. The van der Waals surface area contributed by atoms with Crippen molar-refractivity contribution in [3.63, 3.8) is 0 Å². The molecule has 2 aromatic heterocycles. The van der Waals surface area contributed by atoms with Crippen LogP contribution in [0.25, 0.3) is 5.57 Å². The maximum atomic E-state index is 13.9. The number of thiazole rings is 1. The third-order valence-electron chi connectivity index (χ3n) is 5.74. The van der Waals surface area contributed by atoms with E-state index in [1.165, 1.54) is 28.9 Å². The first kappa shape index (κ1) is 22.9. The number of ether oxygens (including phenoxy) is 1. The summed E-state index contributed by atoms with van der Waals surface area (Å²) < 4.78 is 6.91. The van der Waals surface area contributed by atoms with E-state index in [9.17, 15) is 19.2 Å². The fraction of sp³-hybridized carbons (Fsp3) is 0.160. The van der Waals surface area contributed by atoms with Crippen LogP contribution in [0.5, 0.6) is 0 Å². The summed E-state index contributed by atoms with van der Waals surface area (Å²) in [6.07, 6.45) is 1.47. The topological polar surface area (TPSA) is 98.0 Å². The van der Waals surface area contributed by atoms with Gasteiger partial charge in [0.2, 0.25) is 5.91 Å². The second kappa shape index (κ2) is 8.71. The number of amides is 2. The van der Waals surface area contributed by atoms with Gasteiger partial charge in [0.15, 0.2) is 4.80 Å². The number of hydrogen-bond acceptors (Lipinski definition) is 8. The van der Waals surface area contributed by atoms with Gasteiger partial charge in [0.25, 0.3) is 11.5 Å². The highest BCUT2D eigenvalue weighted by Crippen LogP contribution is 2.36. The number of anilines is 1. The average molecular weight is 506 g/mol. The standard InChI is InChI=1S/C25H19N3O5S2/c1-4-11-33-24(32)18-13(2)26-25-28(20(18)17-10-7-12-34-17)23(31)21(35-25)19-15-8-5-6-9-16(15)27(14(3)29)22(19)30/h4-10,12,20H,1,11H2,2-3H3/b21-19-/t20-/m0/s1. The summed E-state index contributed by atoms with van der Waals surface area (Å²) in [5.74, 6) is -1.59. The molecule has 35 heavy (non-hydrogen) atoms. The molecule has 2 aliphatic rings. The zero-order valence-electron chi connectivity index (χ0n) is 18.8. The van der Waals surface area contributed by atoms with E-state index in [1.807, 2.05) is 17.5 Å². The van der Waals surface area contributed by atoms with Gasteiger partial charge in [-0.25, -0.2) is 14.7 Å². The Bertz CT molecular complexity index is 1630. The van der Waals surface area contributed by atoms with Gasteiger partial charge in [-0.05, 0) is 24.4 Å². The molecule has 0 N–H and O–H groups in total. The van der Waals surface area contributed by atoms with Crippen LogP contribution in [-0.4, -0.2) is 29.0 Å². The number of benzene rings is 1. The van der Waals surface area contributed by atoms with Crippen molar-refractivity contribution >= 4 is 51.7 Å². The zero-order chi connectivity index (χ0) is 24.9. The highest BCUT2D eigenvalue weighted by atomic mass is 32.1. The molecule has 0 radical (unpaired) electrons. The fourth-order valence-corrected chi connectivity index (χ4v) is 6.27. The molecule has 0 spiro atoms. The van der Waals surface area contributed by atoms with Gasteiger partial charge in [0.05, 0.1) is 22.5 Å². The molecule has 0 saturated carbocycles. The van der Waals surface area contributed by atoms with Gasteiger partial charge < -0.3 is 4.74 Å². The van der Waals surface area contributed by atoms with Crippen molar-refractivity contribution in [1.29, 1.82) is 0 Å². The zero-order valence-corrected chi connectivity index (χ0v) is 20.4. The fourth-order valence-electron chi connectivity index (χ4n) is 4.31. The first-order chi connectivity index (χ1) is 16.8. The molecular weight excluding hydrogens is 486 g/mol. The molecule has 8 nitrogen and oxygen atoms in total. The monoisotopic (exact) mass is 505 g/mol. The molecule has 4 heterocycles. The summed E-state index contributed by atoms with van der Waals surface area (Å²) >= 11 is 2.47. The molecule has 2 aliphatic heterocycles. The minimum Gasteiger partial charge on any atom is -0.458 e. The van der Waals surface area contributed by atoms with E-state index in [2.05, 4.69) is 11.6 Å². The van der Waals surface area contributed by atoms with Gasteiger partial charge in [-0.3, -0.25) is 19.0 Å². The summed E-state index contributed by atoms with van der Waals surface area (Å²) in [5, 5.41) is 1.86. The van der Waals surface area contributed by atoms with E-state index in [1.54, 1.807) is 31.2 Å². The SMILES string of the molecule is C=CCOC(=O)C1=C(C)N=c2s/c(=C3\C(=O)N(C(C)=O)c4ccccc43)c(=O)n2[C@H]1c1cccs1. The lowest BCUT2D eigenvalue weighted by Crippen LogP contribution is -2.41. The third-order valence-corrected chi connectivity index (χ3v) is 7.71. The van der Waals surface area contributed by atoms with E-state index in [4.69, 9.17) is 4.74 Å². The van der Waals surface area contributed by atoms with Gasteiger partial charge in [-0.1, -0.05) is 48.3 Å². The number of rotatable bonds is 4. The number of hydrogen-bond donors (Lipinski definition) is 0. The van der Waals surface area contributed by atoms with Crippen LogP contribution < -0.4 is 19.8 Å². The predicted octanol–water partition coefficient (Wildman–Crippen LogP) is 2.29. The number of thiophene rings is 1. The molecular formula is C25H19N3O5S2. The number of esters is 1. The van der Waals surface area contributed by atoms with Crippen molar-refractivity contribution in [3.8, 4) is 0 Å². The third kappa shape index (κ3) is 3.53. The molecule has 10 heteroatoms. The summed E-state index contributed by atoms with van der Waals surface area (Å²) in [6, 6.07) is 9.78. The number of aromatic nitrogens is 1. The minimum atomic E-state index is -0.756. The summed E-state index contributed by atoms with van der Waals surface area (Å²) in [4.78, 5) is 59.2. The molecule has 1 aromatic carbocycles. The number of allylic oxidation sites excluding steroid dienone is 1. The van der Waals surface area contributed by atoms with Crippen molar-refractivity contribution in [2.45, 2.75) is 19.9 Å². The van der Waals surface area contributed by atoms with E-state index in [0.717, 1.165) is 21.1 Å². The largest absolute Gasteiger partial charge is 0.458 e. The van der Waals surface area contributed by atoms with Gasteiger partial charge in [0, 0.05) is 17.4 Å². The van der Waals surface area contributed by atoms with Crippen LogP contribution in [0.2, 0.25) is 0 Å². The van der Waals surface area contributed by atoms with E-state index >= 15 is 0 Å². The Morgan fingerprint density at radius 3 is 2.66 bits per heavy atom. The average Bonchev–Trinajstić information content (AvgIpc) is 3.53. The van der Waals surface area contributed by atoms with Crippen molar-refractivity contribution in [2.75, 3.05) is 11.5 Å². The Morgan fingerprint density at radius 1 is 1.20 bits per heavy atom. The Hall–Kier alpha value is -3.89. The molecule has 0 fully saturated rings. The summed E-state index contributed by atoms with van der Waals surface area (Å²) in [7, 11) is 0. The lowest BCUT2D eigenvalue weighted by molar-refractivity contribution is -0.138. The molecule has 176 valence electrons. The predicted molar refractivity (Wildman–Crippen MR) is 133 cm³/mol. The smallest absolute Gasteiger partial charge is 0.338 e. The number of para-hydroxylation sites is 1. The Kier molecular flexibility index (Phi) is 5.70. The summed E-state index contributed by atoms with van der Waals surface area (Å²) in [5.41, 5.74) is 1.32. The number of carbonyl (C=O) groups is 3. The van der Waals surface area contributed by atoms with Crippen LogP contribution >= 0.6 is 22.7 Å². The maximum Gasteiger partial charge on any atom is 0.338 e. The van der Waals surface area contributed by atoms with E-state index < -0.39 is 29.4 Å². The van der Waals surface area contributed by atoms with Crippen LogP contribution in [-0.2, 0) is 19.1 Å². The van der Waals surface area contributed by atoms with Crippen molar-refractivity contribution < 1.29 is 19.1 Å². The number of carbonyl (C=O) groups excluding carboxylic acids is 3. The molecule has 3 aromatic rings. The second-order valence-corrected chi connectivity index (χ2v) is 9.81. The maximum absolute atomic E-state index is 13.9. The Labute approximate surface area is 207 Å². The number of nitrogens with zero attached hydrogens (tertiary/aromatic N) is 3. The summed E-state index contributed by atoms with van der Waals surface area (Å²) in [6.45, 7) is 6.60. The lowest BCUT2D eigenvalue weighted by Gasteiger charge is -2.23. The molecule has 2 amide bonds. The van der Waals surface area contributed by atoms with Crippen LogP contribution in [0.4, 0.5) is 5.69 Å². The van der Waals surface area contributed by atoms with Crippen LogP contribution in [0.15, 0.2) is 75.5 Å². The molecule has 0 saturated heterocycles. The minimum absolute atomic E-state index is 0.0213. The normalized spacial score (nSPS) is 18.2. The first-order valence-corrected chi connectivity index (χ1v) is 12.4. The first-order valence-electron chi connectivity index (χ1n) is 10.7. The molecule has 5 rings (SSSR count).